The summed E-state index contributed by atoms with van der Waals surface area (Å²) in [6.07, 6.45) is 6.35. The van der Waals surface area contributed by atoms with E-state index in [9.17, 15) is 9.18 Å². The molecule has 2 heterocycles. The van der Waals surface area contributed by atoms with E-state index in [4.69, 9.17) is 4.74 Å². The highest BCUT2D eigenvalue weighted by Crippen LogP contribution is 2.39. The van der Waals surface area contributed by atoms with Crippen LogP contribution >= 0.6 is 0 Å². The van der Waals surface area contributed by atoms with E-state index < -0.39 is 11.6 Å². The minimum Gasteiger partial charge on any atom is -0.491 e. The highest BCUT2D eigenvalue weighted by molar-refractivity contribution is 5.98. The van der Waals surface area contributed by atoms with Gasteiger partial charge in [0, 0.05) is 34.2 Å². The predicted octanol–water partition coefficient (Wildman–Crippen LogP) is 4.11. The van der Waals surface area contributed by atoms with Crippen molar-refractivity contribution in [2.24, 2.45) is 0 Å². The number of nitrogens with one attached hydrogen (secondary N) is 2. The van der Waals surface area contributed by atoms with E-state index in [-0.39, 0.29) is 12.8 Å². The SMILES string of the molecule is Cc1ncnc(C)c1-c1cc(NC(=O)C2(F)CCC2)ccc1OCC1CCCCN1. The number of amides is 1. The Morgan fingerprint density at radius 3 is 2.63 bits per heavy atom. The predicted molar refractivity (Wildman–Crippen MR) is 114 cm³/mol. The van der Waals surface area contributed by atoms with Gasteiger partial charge in [-0.25, -0.2) is 14.4 Å². The number of carbonyl (C=O) groups excluding carboxylic acids is 1. The first kappa shape index (κ1) is 20.7. The Balaban J connectivity index is 1.62. The van der Waals surface area contributed by atoms with E-state index in [1.54, 1.807) is 6.07 Å². The molecule has 0 radical (unpaired) electrons. The Morgan fingerprint density at radius 2 is 2.00 bits per heavy atom. The van der Waals surface area contributed by atoms with Crippen LogP contribution in [-0.2, 0) is 4.79 Å². The van der Waals surface area contributed by atoms with E-state index in [1.165, 1.54) is 19.2 Å². The first-order chi connectivity index (χ1) is 14.5. The molecule has 2 fully saturated rings. The molecule has 30 heavy (non-hydrogen) atoms. The summed E-state index contributed by atoms with van der Waals surface area (Å²) in [5.41, 5.74) is 2.13. The molecule has 1 saturated heterocycles. The van der Waals surface area contributed by atoms with Gasteiger partial charge in [-0.1, -0.05) is 6.42 Å². The van der Waals surface area contributed by atoms with Crippen molar-refractivity contribution in [1.29, 1.82) is 0 Å². The van der Waals surface area contributed by atoms with E-state index in [0.717, 1.165) is 41.9 Å². The summed E-state index contributed by atoms with van der Waals surface area (Å²) < 4.78 is 20.7. The first-order valence-electron chi connectivity index (χ1n) is 10.8. The molecule has 1 amide bonds. The van der Waals surface area contributed by atoms with Crippen LogP contribution in [0.3, 0.4) is 0 Å². The Kier molecular flexibility index (Phi) is 5.99. The van der Waals surface area contributed by atoms with Crippen LogP contribution in [0.4, 0.5) is 10.1 Å². The van der Waals surface area contributed by atoms with Crippen molar-refractivity contribution in [2.75, 3.05) is 18.5 Å². The Bertz CT molecular complexity index is 903. The van der Waals surface area contributed by atoms with Crippen LogP contribution < -0.4 is 15.4 Å². The van der Waals surface area contributed by atoms with Crippen LogP contribution in [0, 0.1) is 13.8 Å². The number of hydrogen-bond donors (Lipinski definition) is 2. The minimum atomic E-state index is -1.75. The summed E-state index contributed by atoms with van der Waals surface area (Å²) in [6.45, 7) is 5.43. The third-order valence-corrected chi connectivity index (χ3v) is 6.14. The van der Waals surface area contributed by atoms with Gasteiger partial charge in [0.25, 0.3) is 5.91 Å². The molecule has 1 aromatic heterocycles. The van der Waals surface area contributed by atoms with Crippen molar-refractivity contribution in [1.82, 2.24) is 15.3 Å². The van der Waals surface area contributed by atoms with Gasteiger partial charge in [-0.3, -0.25) is 4.79 Å². The molecule has 1 aliphatic heterocycles. The average Bonchev–Trinajstić information content (AvgIpc) is 2.72. The van der Waals surface area contributed by atoms with Crippen LogP contribution in [0.15, 0.2) is 24.5 Å². The number of carbonyl (C=O) groups is 1. The first-order valence-corrected chi connectivity index (χ1v) is 10.8. The van der Waals surface area contributed by atoms with Gasteiger partial charge in [0.15, 0.2) is 5.67 Å². The van der Waals surface area contributed by atoms with Gasteiger partial charge in [-0.15, -0.1) is 0 Å². The number of aromatic nitrogens is 2. The number of aryl methyl sites for hydroxylation is 2. The molecule has 1 unspecified atom stereocenters. The fourth-order valence-corrected chi connectivity index (χ4v) is 4.13. The van der Waals surface area contributed by atoms with Crippen LogP contribution in [0.25, 0.3) is 11.1 Å². The van der Waals surface area contributed by atoms with E-state index >= 15 is 0 Å². The van der Waals surface area contributed by atoms with Crippen LogP contribution in [0.1, 0.15) is 49.9 Å². The monoisotopic (exact) mass is 412 g/mol. The molecule has 0 bridgehead atoms. The van der Waals surface area contributed by atoms with Crippen LogP contribution in [0.2, 0.25) is 0 Å². The third kappa shape index (κ3) is 4.31. The molecule has 7 heteroatoms. The molecule has 1 saturated carbocycles. The molecule has 1 aromatic carbocycles. The largest absolute Gasteiger partial charge is 0.491 e. The number of piperidine rings is 1. The summed E-state index contributed by atoms with van der Waals surface area (Å²) in [5, 5.41) is 6.23. The van der Waals surface area contributed by atoms with Crippen molar-refractivity contribution in [2.45, 2.75) is 64.1 Å². The van der Waals surface area contributed by atoms with Gasteiger partial charge in [0.2, 0.25) is 0 Å². The fourth-order valence-electron chi connectivity index (χ4n) is 4.13. The average molecular weight is 413 g/mol. The van der Waals surface area contributed by atoms with Crippen molar-refractivity contribution < 1.29 is 13.9 Å². The fraction of sp³-hybridized carbons (Fsp3) is 0.522. The zero-order valence-electron chi connectivity index (χ0n) is 17.6. The summed E-state index contributed by atoms with van der Waals surface area (Å²) in [5.74, 6) is 0.137. The molecule has 1 atom stereocenters. The normalized spacial score (nSPS) is 20.3. The summed E-state index contributed by atoms with van der Waals surface area (Å²) >= 11 is 0. The van der Waals surface area contributed by atoms with Crippen LogP contribution in [-0.4, -0.2) is 40.7 Å². The molecule has 6 nitrogen and oxygen atoms in total. The molecule has 1 aliphatic carbocycles. The molecular formula is C23H29FN4O2. The molecule has 2 N–H and O–H groups in total. The van der Waals surface area contributed by atoms with Gasteiger partial charge >= 0.3 is 0 Å². The van der Waals surface area contributed by atoms with Gasteiger partial charge in [-0.2, -0.15) is 0 Å². The summed E-state index contributed by atoms with van der Waals surface area (Å²) in [6, 6.07) is 5.76. The van der Waals surface area contributed by atoms with Gasteiger partial charge in [-0.05, 0) is 70.7 Å². The van der Waals surface area contributed by atoms with Crippen molar-refractivity contribution in [3.05, 3.63) is 35.9 Å². The zero-order valence-corrected chi connectivity index (χ0v) is 17.6. The lowest BCUT2D eigenvalue weighted by Gasteiger charge is -2.32. The molecule has 2 aliphatic rings. The highest BCUT2D eigenvalue weighted by Gasteiger charge is 2.44. The van der Waals surface area contributed by atoms with Gasteiger partial charge < -0.3 is 15.4 Å². The highest BCUT2D eigenvalue weighted by atomic mass is 19.1. The Morgan fingerprint density at radius 1 is 1.23 bits per heavy atom. The minimum absolute atomic E-state index is 0.284. The topological polar surface area (TPSA) is 76.1 Å². The maximum Gasteiger partial charge on any atom is 0.262 e. The van der Waals surface area contributed by atoms with E-state index in [0.29, 0.717) is 24.1 Å². The standard InChI is InChI=1S/C23H29FN4O2/c1-15-21(16(2)27-14-26-15)19-12-17(28-22(29)23(24)9-5-10-23)7-8-20(19)30-13-18-6-3-4-11-25-18/h7-8,12,14,18,25H,3-6,9-11,13H2,1-2H3,(H,28,29). The van der Waals surface area contributed by atoms with Gasteiger partial charge in [0.05, 0.1) is 0 Å². The lowest BCUT2D eigenvalue weighted by molar-refractivity contribution is -0.132. The van der Waals surface area contributed by atoms with Crippen molar-refractivity contribution in [3.63, 3.8) is 0 Å². The van der Waals surface area contributed by atoms with Crippen LogP contribution in [0.5, 0.6) is 5.75 Å². The zero-order chi connectivity index (χ0) is 21.1. The third-order valence-electron chi connectivity index (χ3n) is 6.14. The second kappa shape index (κ2) is 8.68. The van der Waals surface area contributed by atoms with E-state index in [1.807, 2.05) is 26.0 Å². The number of nitrogens with zero attached hydrogens (tertiary/aromatic N) is 2. The van der Waals surface area contributed by atoms with E-state index in [2.05, 4.69) is 20.6 Å². The summed E-state index contributed by atoms with van der Waals surface area (Å²) in [7, 11) is 0. The number of benzene rings is 1. The molecular weight excluding hydrogens is 383 g/mol. The number of halogens is 1. The second-order valence-corrected chi connectivity index (χ2v) is 8.36. The quantitative estimate of drug-likeness (QED) is 0.747. The number of hydrogen-bond acceptors (Lipinski definition) is 5. The molecule has 0 spiro atoms. The molecule has 4 rings (SSSR count). The van der Waals surface area contributed by atoms with Crippen molar-refractivity contribution in [3.8, 4) is 16.9 Å². The lowest BCUT2D eigenvalue weighted by Crippen LogP contribution is -2.44. The van der Waals surface area contributed by atoms with Crippen molar-refractivity contribution >= 4 is 11.6 Å². The van der Waals surface area contributed by atoms with Gasteiger partial charge in [0.1, 0.15) is 18.7 Å². The summed E-state index contributed by atoms with van der Waals surface area (Å²) in [4.78, 5) is 21.0. The number of anilines is 1. The number of ether oxygens (including phenoxy) is 1. The smallest absolute Gasteiger partial charge is 0.262 e. The molecule has 2 aromatic rings. The number of rotatable bonds is 6. The second-order valence-electron chi connectivity index (χ2n) is 8.36. The Labute approximate surface area is 176 Å². The maximum atomic E-state index is 14.5. The number of alkyl halides is 1. The molecule has 160 valence electrons. The lowest BCUT2D eigenvalue weighted by atomic mass is 9.81. The maximum absolute atomic E-state index is 14.5. The Hall–Kier alpha value is -2.54.